The quantitative estimate of drug-likeness (QED) is 0.265. The molecule has 0 unspecified atom stereocenters. The van der Waals surface area contributed by atoms with Gasteiger partial charge in [0.05, 0.1) is 34.1 Å². The molecule has 4 aromatic rings. The monoisotopic (exact) mass is 594 g/mol. The molecule has 3 heterocycles. The molecule has 5 rings (SSSR count). The number of sulfone groups is 1. The van der Waals surface area contributed by atoms with E-state index in [9.17, 15) is 13.2 Å². The minimum Gasteiger partial charge on any atom is -0.495 e. The molecule has 0 atom stereocenters. The zero-order valence-electron chi connectivity index (χ0n) is 23.8. The number of methoxy groups -OCH3 is 1. The van der Waals surface area contributed by atoms with Gasteiger partial charge in [0.1, 0.15) is 11.4 Å². The van der Waals surface area contributed by atoms with Crippen LogP contribution in [-0.2, 0) is 14.6 Å². The van der Waals surface area contributed by atoms with Gasteiger partial charge in [0.15, 0.2) is 9.84 Å². The van der Waals surface area contributed by atoms with Crippen LogP contribution in [0.5, 0.6) is 5.75 Å². The number of ether oxygens (including phenoxy) is 2. The maximum Gasteiger partial charge on any atom is 0.410 e. The van der Waals surface area contributed by atoms with E-state index in [0.717, 1.165) is 34.4 Å². The first-order valence-electron chi connectivity index (χ1n) is 13.4. The molecule has 0 bridgehead atoms. The van der Waals surface area contributed by atoms with E-state index in [1.54, 1.807) is 36.4 Å². The molecular formula is C30H34N4O5S2. The zero-order valence-corrected chi connectivity index (χ0v) is 25.4. The van der Waals surface area contributed by atoms with Gasteiger partial charge in [-0.1, -0.05) is 24.3 Å². The molecule has 1 fully saturated rings. The van der Waals surface area contributed by atoms with Crippen molar-refractivity contribution in [3.63, 3.8) is 0 Å². The highest BCUT2D eigenvalue weighted by atomic mass is 32.2. The fourth-order valence-electron chi connectivity index (χ4n) is 5.00. The highest BCUT2D eigenvalue weighted by Crippen LogP contribution is 2.38. The van der Waals surface area contributed by atoms with E-state index in [0.29, 0.717) is 41.8 Å². The first kappa shape index (κ1) is 28.8. The Balaban J connectivity index is 1.35. The van der Waals surface area contributed by atoms with E-state index in [1.807, 2.05) is 44.4 Å². The Labute approximate surface area is 244 Å². The lowest BCUT2D eigenvalue weighted by Gasteiger charge is -2.33. The van der Waals surface area contributed by atoms with Gasteiger partial charge in [-0.2, -0.15) is 0 Å². The lowest BCUT2D eigenvalue weighted by atomic mass is 9.89. The third-order valence-electron chi connectivity index (χ3n) is 6.98. The van der Waals surface area contributed by atoms with Gasteiger partial charge in [-0.15, -0.1) is 11.3 Å². The van der Waals surface area contributed by atoms with Crippen molar-refractivity contribution in [3.05, 3.63) is 59.6 Å². The molecule has 9 nitrogen and oxygen atoms in total. The maximum absolute atomic E-state index is 12.4. The second kappa shape index (κ2) is 11.3. The van der Waals surface area contributed by atoms with Gasteiger partial charge in [0.25, 0.3) is 0 Å². The predicted octanol–water partition coefficient (Wildman–Crippen LogP) is 6.63. The number of carbonyl (C=O) groups excluding carboxylic acids is 1. The Morgan fingerprint density at radius 2 is 1.83 bits per heavy atom. The fourth-order valence-corrected chi connectivity index (χ4v) is 6.77. The summed E-state index contributed by atoms with van der Waals surface area (Å²) in [4.78, 5) is 23.7. The number of amides is 1. The molecule has 216 valence electrons. The summed E-state index contributed by atoms with van der Waals surface area (Å²) in [5, 5.41) is 5.19. The van der Waals surface area contributed by atoms with Crippen LogP contribution in [0.2, 0.25) is 0 Å². The number of rotatable bonds is 6. The van der Waals surface area contributed by atoms with E-state index >= 15 is 0 Å². The largest absolute Gasteiger partial charge is 0.495 e. The number of fused-ring (bicyclic) bond motifs is 1. The van der Waals surface area contributed by atoms with Crippen LogP contribution in [0.25, 0.3) is 21.3 Å². The average Bonchev–Trinajstić information content (AvgIpc) is 3.35. The highest BCUT2D eigenvalue weighted by molar-refractivity contribution is 7.90. The number of thiophene rings is 1. The second-order valence-corrected chi connectivity index (χ2v) is 14.0. The first-order valence-corrected chi connectivity index (χ1v) is 16.2. The van der Waals surface area contributed by atoms with Gasteiger partial charge < -0.3 is 19.7 Å². The summed E-state index contributed by atoms with van der Waals surface area (Å²) in [6.45, 7) is 6.91. The Morgan fingerprint density at radius 3 is 2.51 bits per heavy atom. The summed E-state index contributed by atoms with van der Waals surface area (Å²) in [6.07, 6.45) is 4.36. The number of piperidine rings is 1. The smallest absolute Gasteiger partial charge is 0.410 e. The standard InChI is InChI=1S/C30H34N4O5S2/c1-30(2,3)39-29(35)34-14-12-19(13-15-34)20-10-11-23(24(16-20)38-4)32-28-31-17-25-27(33-28)22(18-40-25)21-8-6-7-9-26(21)41(5,36)37/h6-11,16-19H,12-15H2,1-5H3,(H,31,32,33). The minimum atomic E-state index is -3.42. The number of aromatic nitrogens is 2. The van der Waals surface area contributed by atoms with Crippen LogP contribution < -0.4 is 10.1 Å². The lowest BCUT2D eigenvalue weighted by Crippen LogP contribution is -2.41. The summed E-state index contributed by atoms with van der Waals surface area (Å²) in [6, 6.07) is 13.0. The van der Waals surface area contributed by atoms with Crippen LogP contribution in [0.1, 0.15) is 45.1 Å². The molecule has 41 heavy (non-hydrogen) atoms. The molecule has 2 aromatic carbocycles. The predicted molar refractivity (Wildman–Crippen MR) is 162 cm³/mol. The lowest BCUT2D eigenvalue weighted by molar-refractivity contribution is 0.0204. The van der Waals surface area contributed by atoms with Crippen LogP contribution in [0.15, 0.2) is 58.9 Å². The molecule has 0 radical (unpaired) electrons. The number of benzene rings is 2. The van der Waals surface area contributed by atoms with E-state index in [-0.39, 0.29) is 11.0 Å². The van der Waals surface area contributed by atoms with Crippen molar-refractivity contribution in [1.82, 2.24) is 14.9 Å². The maximum atomic E-state index is 12.4. The molecule has 1 aliphatic rings. The molecule has 0 spiro atoms. The van der Waals surface area contributed by atoms with Crippen molar-refractivity contribution in [1.29, 1.82) is 0 Å². The van der Waals surface area contributed by atoms with E-state index in [4.69, 9.17) is 14.5 Å². The van der Waals surface area contributed by atoms with Gasteiger partial charge in [-0.05, 0) is 63.3 Å². The average molecular weight is 595 g/mol. The summed E-state index contributed by atoms with van der Waals surface area (Å²) in [5.74, 6) is 1.34. The van der Waals surface area contributed by atoms with Crippen molar-refractivity contribution in [3.8, 4) is 16.9 Å². The molecular weight excluding hydrogens is 560 g/mol. The Hall–Kier alpha value is -3.70. The zero-order chi connectivity index (χ0) is 29.4. The minimum absolute atomic E-state index is 0.265. The van der Waals surface area contributed by atoms with Crippen LogP contribution in [0.3, 0.4) is 0 Å². The number of hydrogen-bond donors (Lipinski definition) is 1. The van der Waals surface area contributed by atoms with Crippen molar-refractivity contribution < 1.29 is 22.7 Å². The van der Waals surface area contributed by atoms with Gasteiger partial charge in [0, 0.05) is 35.9 Å². The molecule has 0 aliphatic carbocycles. The third kappa shape index (κ3) is 6.46. The fraction of sp³-hybridized carbons (Fsp3) is 0.367. The molecule has 1 aliphatic heterocycles. The van der Waals surface area contributed by atoms with Gasteiger partial charge in [0.2, 0.25) is 5.95 Å². The molecule has 11 heteroatoms. The Kier molecular flexibility index (Phi) is 7.93. The van der Waals surface area contributed by atoms with Crippen LogP contribution >= 0.6 is 11.3 Å². The van der Waals surface area contributed by atoms with Crippen molar-refractivity contribution in [2.45, 2.75) is 50.0 Å². The van der Waals surface area contributed by atoms with Crippen LogP contribution in [0.4, 0.5) is 16.4 Å². The number of nitrogens with one attached hydrogen (secondary N) is 1. The summed E-state index contributed by atoms with van der Waals surface area (Å²) >= 11 is 1.47. The number of likely N-dealkylation sites (tertiary alicyclic amines) is 1. The first-order chi connectivity index (χ1) is 19.4. The normalized spacial score (nSPS) is 14.7. The van der Waals surface area contributed by atoms with E-state index < -0.39 is 15.4 Å². The van der Waals surface area contributed by atoms with E-state index in [2.05, 4.69) is 16.4 Å². The van der Waals surface area contributed by atoms with Gasteiger partial charge >= 0.3 is 6.09 Å². The number of carbonyl (C=O) groups is 1. The third-order valence-corrected chi connectivity index (χ3v) is 9.04. The van der Waals surface area contributed by atoms with Crippen molar-refractivity contribution >= 4 is 49.1 Å². The topological polar surface area (TPSA) is 111 Å². The molecule has 2 aromatic heterocycles. The van der Waals surface area contributed by atoms with Crippen LogP contribution in [0, 0.1) is 0 Å². The Bertz CT molecular complexity index is 1690. The number of nitrogens with zero attached hydrogens (tertiary/aromatic N) is 3. The summed E-state index contributed by atoms with van der Waals surface area (Å²) < 4.78 is 36.9. The molecule has 1 N–H and O–H groups in total. The van der Waals surface area contributed by atoms with Crippen LogP contribution in [-0.4, -0.2) is 61.4 Å². The van der Waals surface area contributed by atoms with E-state index in [1.165, 1.54) is 17.6 Å². The second-order valence-electron chi connectivity index (χ2n) is 11.2. The number of anilines is 2. The number of hydrogen-bond acceptors (Lipinski definition) is 9. The Morgan fingerprint density at radius 1 is 1.10 bits per heavy atom. The van der Waals surface area contributed by atoms with Gasteiger partial charge in [-0.3, -0.25) is 0 Å². The van der Waals surface area contributed by atoms with Crippen molar-refractivity contribution in [2.75, 3.05) is 31.8 Å². The molecule has 0 saturated carbocycles. The molecule has 1 saturated heterocycles. The SMILES string of the molecule is COc1cc(C2CCN(C(=O)OC(C)(C)C)CC2)ccc1Nc1ncc2scc(-c3ccccc3S(C)(=O)=O)c2n1. The highest BCUT2D eigenvalue weighted by Gasteiger charge is 2.28. The molecule has 1 amide bonds. The van der Waals surface area contributed by atoms with Gasteiger partial charge in [-0.25, -0.2) is 23.2 Å². The summed E-state index contributed by atoms with van der Waals surface area (Å²) in [7, 11) is -1.80. The summed E-state index contributed by atoms with van der Waals surface area (Å²) in [5.41, 5.74) is 3.39. The van der Waals surface area contributed by atoms with Crippen molar-refractivity contribution in [2.24, 2.45) is 0 Å².